The number of benzene rings is 1. The molecule has 0 bridgehead atoms. The summed E-state index contributed by atoms with van der Waals surface area (Å²) in [6.45, 7) is 10.7. The van der Waals surface area contributed by atoms with Crippen LogP contribution >= 0.6 is 11.6 Å². The molecular formula is C15H25ClN2. The fraction of sp³-hybridized carbons (Fsp3) is 0.600. The molecule has 3 heteroatoms. The molecule has 0 spiro atoms. The predicted octanol–water partition coefficient (Wildman–Crippen LogP) is 4.07. The van der Waals surface area contributed by atoms with Gasteiger partial charge in [-0.3, -0.25) is 0 Å². The van der Waals surface area contributed by atoms with Gasteiger partial charge in [0.1, 0.15) is 0 Å². The van der Waals surface area contributed by atoms with Crippen molar-refractivity contribution in [2.24, 2.45) is 0 Å². The number of nitrogens with zero attached hydrogens (tertiary/aromatic N) is 1. The van der Waals surface area contributed by atoms with E-state index in [4.69, 9.17) is 11.6 Å². The Morgan fingerprint density at radius 2 is 1.94 bits per heavy atom. The second kappa shape index (κ2) is 6.44. The summed E-state index contributed by atoms with van der Waals surface area (Å²) in [5, 5.41) is 4.17. The van der Waals surface area contributed by atoms with E-state index in [1.807, 2.05) is 6.07 Å². The standard InChI is InChI=1S/C15H25ClN2/c1-6-15(3,4)18(5)14-9-8-13(16)10-12(14)11-17-7-2/h8-10,17H,6-7,11H2,1-5H3. The van der Waals surface area contributed by atoms with Gasteiger partial charge in [-0.05, 0) is 50.6 Å². The first kappa shape index (κ1) is 15.3. The molecule has 0 aliphatic rings. The number of anilines is 1. The number of hydrogen-bond acceptors (Lipinski definition) is 2. The van der Waals surface area contributed by atoms with Crippen molar-refractivity contribution >= 4 is 17.3 Å². The molecule has 0 radical (unpaired) electrons. The summed E-state index contributed by atoms with van der Waals surface area (Å²) < 4.78 is 0. The van der Waals surface area contributed by atoms with Crippen LogP contribution in [0.3, 0.4) is 0 Å². The SMILES string of the molecule is CCNCc1cc(Cl)ccc1N(C)C(C)(C)CC. The lowest BCUT2D eigenvalue weighted by atomic mass is 9.98. The molecule has 0 unspecified atom stereocenters. The van der Waals surface area contributed by atoms with Gasteiger partial charge in [0.15, 0.2) is 0 Å². The van der Waals surface area contributed by atoms with E-state index >= 15 is 0 Å². The molecule has 102 valence electrons. The smallest absolute Gasteiger partial charge is 0.0414 e. The van der Waals surface area contributed by atoms with Gasteiger partial charge in [-0.25, -0.2) is 0 Å². The zero-order chi connectivity index (χ0) is 13.8. The third-order valence-electron chi connectivity index (χ3n) is 3.74. The Morgan fingerprint density at radius 3 is 2.50 bits per heavy atom. The third-order valence-corrected chi connectivity index (χ3v) is 3.98. The summed E-state index contributed by atoms with van der Waals surface area (Å²) >= 11 is 6.10. The van der Waals surface area contributed by atoms with Crippen LogP contribution in [0.25, 0.3) is 0 Å². The lowest BCUT2D eigenvalue weighted by molar-refractivity contribution is 0.469. The van der Waals surface area contributed by atoms with Crippen molar-refractivity contribution in [2.75, 3.05) is 18.5 Å². The molecule has 1 rings (SSSR count). The molecule has 18 heavy (non-hydrogen) atoms. The minimum atomic E-state index is 0.148. The van der Waals surface area contributed by atoms with E-state index in [2.05, 4.69) is 57.1 Å². The van der Waals surface area contributed by atoms with E-state index < -0.39 is 0 Å². The van der Waals surface area contributed by atoms with Gasteiger partial charge in [0.05, 0.1) is 0 Å². The van der Waals surface area contributed by atoms with Crippen molar-refractivity contribution in [2.45, 2.75) is 46.2 Å². The van der Waals surface area contributed by atoms with Crippen molar-refractivity contribution < 1.29 is 0 Å². The topological polar surface area (TPSA) is 15.3 Å². The van der Waals surface area contributed by atoms with Gasteiger partial charge in [-0.15, -0.1) is 0 Å². The molecule has 0 aromatic heterocycles. The van der Waals surface area contributed by atoms with Gasteiger partial charge >= 0.3 is 0 Å². The van der Waals surface area contributed by atoms with Gasteiger partial charge in [0, 0.05) is 29.8 Å². The van der Waals surface area contributed by atoms with Gasteiger partial charge in [0.25, 0.3) is 0 Å². The quantitative estimate of drug-likeness (QED) is 0.837. The van der Waals surface area contributed by atoms with Crippen LogP contribution in [0.1, 0.15) is 39.7 Å². The monoisotopic (exact) mass is 268 g/mol. The predicted molar refractivity (Wildman–Crippen MR) is 81.6 cm³/mol. The zero-order valence-corrected chi connectivity index (χ0v) is 12.9. The largest absolute Gasteiger partial charge is 0.369 e. The Balaban J connectivity index is 3.06. The van der Waals surface area contributed by atoms with Crippen LogP contribution in [-0.4, -0.2) is 19.1 Å². The molecule has 0 fully saturated rings. The summed E-state index contributed by atoms with van der Waals surface area (Å²) in [5.41, 5.74) is 2.66. The molecule has 0 aliphatic carbocycles. The van der Waals surface area contributed by atoms with Crippen molar-refractivity contribution in [1.82, 2.24) is 5.32 Å². The van der Waals surface area contributed by atoms with Gasteiger partial charge in [-0.2, -0.15) is 0 Å². The molecule has 1 N–H and O–H groups in total. The van der Waals surface area contributed by atoms with Crippen molar-refractivity contribution in [1.29, 1.82) is 0 Å². The Bertz CT molecular complexity index is 388. The van der Waals surface area contributed by atoms with Crippen LogP contribution in [0.5, 0.6) is 0 Å². The molecule has 0 aliphatic heterocycles. The fourth-order valence-corrected chi connectivity index (χ4v) is 2.04. The molecule has 0 atom stereocenters. The summed E-state index contributed by atoms with van der Waals surface area (Å²) in [7, 11) is 2.15. The van der Waals surface area contributed by atoms with Gasteiger partial charge in [-0.1, -0.05) is 25.4 Å². The van der Waals surface area contributed by atoms with E-state index in [0.717, 1.165) is 24.5 Å². The molecule has 2 nitrogen and oxygen atoms in total. The van der Waals surface area contributed by atoms with Crippen LogP contribution in [0, 0.1) is 0 Å². The van der Waals surface area contributed by atoms with Gasteiger partial charge < -0.3 is 10.2 Å². The van der Waals surface area contributed by atoms with E-state index in [9.17, 15) is 0 Å². The van der Waals surface area contributed by atoms with E-state index in [1.54, 1.807) is 0 Å². The van der Waals surface area contributed by atoms with Crippen LogP contribution in [0.15, 0.2) is 18.2 Å². The number of nitrogens with one attached hydrogen (secondary N) is 1. The Labute approximate surface area is 116 Å². The average Bonchev–Trinajstić information content (AvgIpc) is 2.35. The number of rotatable bonds is 6. The highest BCUT2D eigenvalue weighted by molar-refractivity contribution is 6.30. The van der Waals surface area contributed by atoms with Gasteiger partial charge in [0.2, 0.25) is 0 Å². The normalized spacial score (nSPS) is 11.7. The molecule has 0 amide bonds. The molecular weight excluding hydrogens is 244 g/mol. The maximum absolute atomic E-state index is 6.10. The molecule has 1 aromatic rings. The molecule has 0 saturated carbocycles. The minimum Gasteiger partial charge on any atom is -0.369 e. The molecule has 1 aromatic carbocycles. The highest BCUT2D eigenvalue weighted by atomic mass is 35.5. The zero-order valence-electron chi connectivity index (χ0n) is 12.2. The second-order valence-electron chi connectivity index (χ2n) is 5.28. The third kappa shape index (κ3) is 3.63. The van der Waals surface area contributed by atoms with Crippen molar-refractivity contribution in [3.05, 3.63) is 28.8 Å². The summed E-state index contributed by atoms with van der Waals surface area (Å²) in [6.07, 6.45) is 1.10. The van der Waals surface area contributed by atoms with Crippen LogP contribution in [-0.2, 0) is 6.54 Å². The highest BCUT2D eigenvalue weighted by Crippen LogP contribution is 2.29. The minimum absolute atomic E-state index is 0.148. The number of hydrogen-bond donors (Lipinski definition) is 1. The first-order valence-electron chi connectivity index (χ1n) is 6.65. The highest BCUT2D eigenvalue weighted by Gasteiger charge is 2.23. The first-order chi connectivity index (χ1) is 8.42. The van der Waals surface area contributed by atoms with Crippen molar-refractivity contribution in [3.63, 3.8) is 0 Å². The maximum Gasteiger partial charge on any atom is 0.0414 e. The second-order valence-corrected chi connectivity index (χ2v) is 5.71. The first-order valence-corrected chi connectivity index (χ1v) is 7.03. The average molecular weight is 269 g/mol. The summed E-state index contributed by atoms with van der Waals surface area (Å²) in [6, 6.07) is 6.14. The fourth-order valence-electron chi connectivity index (χ4n) is 1.85. The summed E-state index contributed by atoms with van der Waals surface area (Å²) in [5.74, 6) is 0. The van der Waals surface area contributed by atoms with Crippen molar-refractivity contribution in [3.8, 4) is 0 Å². The van der Waals surface area contributed by atoms with E-state index in [1.165, 1.54) is 11.3 Å². The lowest BCUT2D eigenvalue weighted by Gasteiger charge is -2.38. The summed E-state index contributed by atoms with van der Waals surface area (Å²) in [4.78, 5) is 2.34. The molecule has 0 heterocycles. The number of halogens is 1. The Hall–Kier alpha value is -0.730. The van der Waals surface area contributed by atoms with Crippen LogP contribution in [0.4, 0.5) is 5.69 Å². The Kier molecular flexibility index (Phi) is 5.48. The maximum atomic E-state index is 6.10. The van der Waals surface area contributed by atoms with E-state index in [-0.39, 0.29) is 5.54 Å². The van der Waals surface area contributed by atoms with E-state index in [0.29, 0.717) is 0 Å². The molecule has 0 saturated heterocycles. The lowest BCUT2D eigenvalue weighted by Crippen LogP contribution is -2.41. The Morgan fingerprint density at radius 1 is 1.28 bits per heavy atom. The van der Waals surface area contributed by atoms with Crippen LogP contribution < -0.4 is 10.2 Å². The van der Waals surface area contributed by atoms with Crippen LogP contribution in [0.2, 0.25) is 5.02 Å².